The van der Waals surface area contributed by atoms with Crippen LogP contribution in [-0.4, -0.2) is 15.5 Å². The topological polar surface area (TPSA) is 46.9 Å². The normalized spacial score (nSPS) is 16.4. The van der Waals surface area contributed by atoms with Gasteiger partial charge in [0, 0.05) is 12.3 Å². The van der Waals surface area contributed by atoms with Gasteiger partial charge in [-0.05, 0) is 29.8 Å². The molecule has 4 rings (SSSR count). The van der Waals surface area contributed by atoms with Gasteiger partial charge in [0.1, 0.15) is 18.0 Å². The molecule has 7 heteroatoms. The Bertz CT molecular complexity index is 983. The molecule has 25 heavy (non-hydrogen) atoms. The number of carbonyl (C=O) groups excluding carboxylic acids is 1. The molecule has 0 bridgehead atoms. The van der Waals surface area contributed by atoms with E-state index in [1.165, 1.54) is 23.0 Å². The minimum Gasteiger partial charge on any atom is -0.310 e. The van der Waals surface area contributed by atoms with Crippen molar-refractivity contribution < 1.29 is 18.0 Å². The summed E-state index contributed by atoms with van der Waals surface area (Å²) in [5, 5.41) is 2.69. The van der Waals surface area contributed by atoms with Gasteiger partial charge in [0.05, 0.1) is 11.4 Å². The lowest BCUT2D eigenvalue weighted by Gasteiger charge is -2.23. The Labute approximate surface area is 140 Å². The SMILES string of the molecule is O=C1C[C@H](c2ccc(F)c(F)c2)c2ncn(-c3ccccc3F)c2N1. The number of nitrogens with one attached hydrogen (secondary N) is 1. The summed E-state index contributed by atoms with van der Waals surface area (Å²) in [5.74, 6) is -2.92. The third kappa shape index (κ3) is 2.57. The molecule has 0 fully saturated rings. The van der Waals surface area contributed by atoms with E-state index in [1.54, 1.807) is 18.2 Å². The highest BCUT2D eigenvalue weighted by Crippen LogP contribution is 2.37. The number of hydrogen-bond acceptors (Lipinski definition) is 2. The molecular weight excluding hydrogens is 331 g/mol. The molecule has 126 valence electrons. The highest BCUT2D eigenvalue weighted by Gasteiger charge is 2.31. The van der Waals surface area contributed by atoms with Crippen LogP contribution in [0.5, 0.6) is 0 Å². The van der Waals surface area contributed by atoms with E-state index in [0.717, 1.165) is 12.1 Å². The monoisotopic (exact) mass is 343 g/mol. The number of rotatable bonds is 2. The minimum absolute atomic E-state index is 0.0480. The zero-order chi connectivity index (χ0) is 17.6. The van der Waals surface area contributed by atoms with Gasteiger partial charge in [-0.2, -0.15) is 0 Å². The van der Waals surface area contributed by atoms with Crippen LogP contribution >= 0.6 is 0 Å². The maximum atomic E-state index is 14.1. The molecule has 0 saturated carbocycles. The highest BCUT2D eigenvalue weighted by molar-refractivity contribution is 5.94. The molecule has 1 N–H and O–H groups in total. The van der Waals surface area contributed by atoms with Crippen LogP contribution in [0.2, 0.25) is 0 Å². The second kappa shape index (κ2) is 5.77. The molecule has 0 aliphatic carbocycles. The predicted octanol–water partition coefficient (Wildman–Crippen LogP) is 3.76. The Hall–Kier alpha value is -3.09. The number of anilines is 1. The molecule has 1 amide bonds. The molecule has 1 aliphatic rings. The van der Waals surface area contributed by atoms with E-state index in [2.05, 4.69) is 10.3 Å². The maximum Gasteiger partial charge on any atom is 0.226 e. The number of aromatic nitrogens is 2. The van der Waals surface area contributed by atoms with Crippen molar-refractivity contribution in [2.75, 3.05) is 5.32 Å². The van der Waals surface area contributed by atoms with Gasteiger partial charge in [-0.1, -0.05) is 18.2 Å². The summed E-state index contributed by atoms with van der Waals surface area (Å²) in [6.45, 7) is 0. The molecule has 0 radical (unpaired) electrons. The second-order valence-electron chi connectivity index (χ2n) is 5.78. The highest BCUT2D eigenvalue weighted by atomic mass is 19.2. The molecular formula is C18H12F3N3O. The predicted molar refractivity (Wildman–Crippen MR) is 85.0 cm³/mol. The maximum absolute atomic E-state index is 14.1. The van der Waals surface area contributed by atoms with Gasteiger partial charge in [-0.25, -0.2) is 18.2 Å². The number of amides is 1. The van der Waals surface area contributed by atoms with Crippen LogP contribution in [0.25, 0.3) is 5.69 Å². The van der Waals surface area contributed by atoms with Crippen molar-refractivity contribution in [3.8, 4) is 5.69 Å². The average Bonchev–Trinajstić information content (AvgIpc) is 3.00. The second-order valence-corrected chi connectivity index (χ2v) is 5.78. The fourth-order valence-corrected chi connectivity index (χ4v) is 3.04. The van der Waals surface area contributed by atoms with Gasteiger partial charge in [0.15, 0.2) is 11.6 Å². The van der Waals surface area contributed by atoms with Crippen LogP contribution in [-0.2, 0) is 4.79 Å². The van der Waals surface area contributed by atoms with Crippen molar-refractivity contribution in [3.63, 3.8) is 0 Å². The van der Waals surface area contributed by atoms with Crippen LogP contribution in [0, 0.1) is 17.5 Å². The lowest BCUT2D eigenvalue weighted by molar-refractivity contribution is -0.116. The van der Waals surface area contributed by atoms with E-state index in [0.29, 0.717) is 17.1 Å². The molecule has 2 heterocycles. The van der Waals surface area contributed by atoms with Gasteiger partial charge in [-0.15, -0.1) is 0 Å². The van der Waals surface area contributed by atoms with Gasteiger partial charge in [0.2, 0.25) is 5.91 Å². The van der Waals surface area contributed by atoms with Crippen LogP contribution in [0.1, 0.15) is 23.6 Å². The van der Waals surface area contributed by atoms with Crippen molar-refractivity contribution >= 4 is 11.7 Å². The molecule has 0 spiro atoms. The first kappa shape index (κ1) is 15.4. The number of halogens is 3. The zero-order valence-corrected chi connectivity index (χ0v) is 12.8. The summed E-state index contributed by atoms with van der Waals surface area (Å²) in [6, 6.07) is 9.60. The van der Waals surface area contributed by atoms with Gasteiger partial charge < -0.3 is 5.32 Å². The minimum atomic E-state index is -0.987. The number of fused-ring (bicyclic) bond motifs is 1. The quantitative estimate of drug-likeness (QED) is 0.770. The summed E-state index contributed by atoms with van der Waals surface area (Å²) in [6.07, 6.45) is 1.45. The fraction of sp³-hybridized carbons (Fsp3) is 0.111. The van der Waals surface area contributed by atoms with Crippen molar-refractivity contribution in [3.05, 3.63) is 77.5 Å². The van der Waals surface area contributed by atoms with Gasteiger partial charge in [-0.3, -0.25) is 9.36 Å². The lowest BCUT2D eigenvalue weighted by Crippen LogP contribution is -2.25. The van der Waals surface area contributed by atoms with Gasteiger partial charge >= 0.3 is 0 Å². The largest absolute Gasteiger partial charge is 0.310 e. The molecule has 0 saturated heterocycles. The summed E-state index contributed by atoms with van der Waals surface area (Å²) < 4.78 is 42.3. The Morgan fingerprint density at radius 3 is 2.60 bits per heavy atom. The van der Waals surface area contributed by atoms with Crippen molar-refractivity contribution in [1.82, 2.24) is 9.55 Å². The Balaban J connectivity index is 1.84. The van der Waals surface area contributed by atoms with Crippen molar-refractivity contribution in [2.24, 2.45) is 0 Å². The van der Waals surface area contributed by atoms with E-state index in [9.17, 15) is 18.0 Å². The number of hydrogen-bond donors (Lipinski definition) is 1. The Morgan fingerprint density at radius 2 is 1.84 bits per heavy atom. The first-order valence-electron chi connectivity index (χ1n) is 7.61. The fourth-order valence-electron chi connectivity index (χ4n) is 3.04. The zero-order valence-electron chi connectivity index (χ0n) is 12.8. The summed E-state index contributed by atoms with van der Waals surface area (Å²) in [7, 11) is 0. The summed E-state index contributed by atoms with van der Waals surface area (Å²) >= 11 is 0. The van der Waals surface area contributed by atoms with Crippen molar-refractivity contribution in [1.29, 1.82) is 0 Å². The number of benzene rings is 2. The van der Waals surface area contributed by atoms with E-state index in [4.69, 9.17) is 0 Å². The van der Waals surface area contributed by atoms with Crippen LogP contribution in [0.15, 0.2) is 48.8 Å². The molecule has 1 aromatic heterocycles. The Morgan fingerprint density at radius 1 is 1.04 bits per heavy atom. The van der Waals surface area contributed by atoms with Gasteiger partial charge in [0.25, 0.3) is 0 Å². The van der Waals surface area contributed by atoms with Crippen LogP contribution in [0.3, 0.4) is 0 Å². The molecule has 2 aromatic carbocycles. The first-order chi connectivity index (χ1) is 12.0. The molecule has 1 atom stereocenters. The summed E-state index contributed by atoms with van der Waals surface area (Å²) in [4.78, 5) is 16.4. The number of para-hydroxylation sites is 1. The number of carbonyl (C=O) groups is 1. The Kier molecular flexibility index (Phi) is 3.56. The van der Waals surface area contributed by atoms with E-state index in [1.807, 2.05) is 0 Å². The molecule has 3 aromatic rings. The van der Waals surface area contributed by atoms with Crippen LogP contribution < -0.4 is 5.32 Å². The first-order valence-corrected chi connectivity index (χ1v) is 7.61. The van der Waals surface area contributed by atoms with Crippen molar-refractivity contribution in [2.45, 2.75) is 12.3 Å². The number of imidazole rings is 1. The molecule has 4 nitrogen and oxygen atoms in total. The summed E-state index contributed by atoms with van der Waals surface area (Å²) in [5.41, 5.74) is 1.16. The average molecular weight is 343 g/mol. The lowest BCUT2D eigenvalue weighted by atomic mass is 9.89. The van der Waals surface area contributed by atoms with Crippen LogP contribution in [0.4, 0.5) is 19.0 Å². The molecule has 1 aliphatic heterocycles. The standard InChI is InChI=1S/C18H12F3N3O/c19-12-6-5-10(7-14(12)21)11-8-16(25)23-18-17(11)22-9-24(18)15-4-2-1-3-13(15)20/h1-7,9,11H,8H2,(H,23,25)/t11-/m1/s1. The third-order valence-electron chi connectivity index (χ3n) is 4.23. The van der Waals surface area contributed by atoms with E-state index < -0.39 is 23.4 Å². The molecule has 0 unspecified atom stereocenters. The smallest absolute Gasteiger partial charge is 0.226 e. The third-order valence-corrected chi connectivity index (χ3v) is 4.23. The van der Waals surface area contributed by atoms with E-state index >= 15 is 0 Å². The van der Waals surface area contributed by atoms with E-state index in [-0.39, 0.29) is 18.0 Å². The number of nitrogens with zero attached hydrogens (tertiary/aromatic N) is 2.